The van der Waals surface area contributed by atoms with Crippen molar-refractivity contribution < 1.29 is 24.6 Å². The van der Waals surface area contributed by atoms with Gasteiger partial charge in [-0.05, 0) is 11.6 Å². The zero-order valence-corrected chi connectivity index (χ0v) is 12.9. The SMILES string of the molecule is O=C(Cc1cccc(O)c1O)NCC(=O)NOCc1ccccc1. The quantitative estimate of drug-likeness (QED) is 0.447. The van der Waals surface area contributed by atoms with Crippen molar-refractivity contribution in [2.75, 3.05) is 6.54 Å². The average Bonchev–Trinajstić information content (AvgIpc) is 2.58. The summed E-state index contributed by atoms with van der Waals surface area (Å²) < 4.78 is 0. The number of rotatable bonds is 7. The molecular weight excluding hydrogens is 312 g/mol. The molecule has 0 bridgehead atoms. The summed E-state index contributed by atoms with van der Waals surface area (Å²) >= 11 is 0. The van der Waals surface area contributed by atoms with Crippen LogP contribution in [-0.2, 0) is 27.5 Å². The van der Waals surface area contributed by atoms with Crippen molar-refractivity contribution >= 4 is 11.8 Å². The van der Waals surface area contributed by atoms with Crippen LogP contribution in [0.5, 0.6) is 11.5 Å². The number of nitrogens with one attached hydrogen (secondary N) is 2. The molecule has 0 atom stereocenters. The Balaban J connectivity index is 1.69. The number of para-hydroxylation sites is 1. The number of hydroxylamine groups is 1. The van der Waals surface area contributed by atoms with Crippen LogP contribution in [-0.4, -0.2) is 28.6 Å². The Morgan fingerprint density at radius 3 is 2.46 bits per heavy atom. The van der Waals surface area contributed by atoms with Crippen molar-refractivity contribution in [3.63, 3.8) is 0 Å². The van der Waals surface area contributed by atoms with Crippen LogP contribution in [0.2, 0.25) is 0 Å². The molecule has 0 radical (unpaired) electrons. The Bertz CT molecular complexity index is 703. The number of hydrogen-bond acceptors (Lipinski definition) is 5. The Kier molecular flexibility index (Phi) is 6.16. The third-order valence-corrected chi connectivity index (χ3v) is 3.16. The molecule has 7 nitrogen and oxygen atoms in total. The lowest BCUT2D eigenvalue weighted by atomic mass is 10.1. The first-order chi connectivity index (χ1) is 11.6. The fourth-order valence-electron chi connectivity index (χ4n) is 1.95. The van der Waals surface area contributed by atoms with E-state index in [4.69, 9.17) is 4.84 Å². The summed E-state index contributed by atoms with van der Waals surface area (Å²) in [5.41, 5.74) is 3.40. The van der Waals surface area contributed by atoms with Crippen molar-refractivity contribution in [3.05, 3.63) is 59.7 Å². The third kappa shape index (κ3) is 5.29. The highest BCUT2D eigenvalue weighted by Crippen LogP contribution is 2.28. The van der Waals surface area contributed by atoms with E-state index in [1.165, 1.54) is 18.2 Å². The minimum atomic E-state index is -0.501. The summed E-state index contributed by atoms with van der Waals surface area (Å²) in [6, 6.07) is 13.6. The molecule has 24 heavy (non-hydrogen) atoms. The first-order valence-electron chi connectivity index (χ1n) is 7.27. The van der Waals surface area contributed by atoms with Crippen LogP contribution in [0.3, 0.4) is 0 Å². The third-order valence-electron chi connectivity index (χ3n) is 3.16. The number of phenolic OH excluding ortho intramolecular Hbond substituents is 2. The summed E-state index contributed by atoms with van der Waals surface area (Å²) in [5.74, 6) is -1.61. The molecule has 0 saturated carbocycles. The Morgan fingerprint density at radius 2 is 1.71 bits per heavy atom. The van der Waals surface area contributed by atoms with Gasteiger partial charge in [0.15, 0.2) is 11.5 Å². The Labute approximate surface area is 138 Å². The molecule has 2 rings (SSSR count). The molecule has 0 aliphatic heterocycles. The first kappa shape index (κ1) is 17.3. The summed E-state index contributed by atoms with van der Waals surface area (Å²) in [7, 11) is 0. The van der Waals surface area contributed by atoms with Gasteiger partial charge < -0.3 is 15.5 Å². The average molecular weight is 330 g/mol. The molecule has 0 fully saturated rings. The number of amides is 2. The van der Waals surface area contributed by atoms with E-state index in [2.05, 4.69) is 10.8 Å². The van der Waals surface area contributed by atoms with Crippen LogP contribution in [0.4, 0.5) is 0 Å². The van der Waals surface area contributed by atoms with E-state index < -0.39 is 11.8 Å². The second-order valence-corrected chi connectivity index (χ2v) is 5.04. The highest BCUT2D eigenvalue weighted by molar-refractivity contribution is 5.85. The normalized spacial score (nSPS) is 10.2. The van der Waals surface area contributed by atoms with Gasteiger partial charge in [-0.15, -0.1) is 0 Å². The van der Waals surface area contributed by atoms with E-state index in [1.807, 2.05) is 30.3 Å². The summed E-state index contributed by atoms with van der Waals surface area (Å²) in [6.45, 7) is -0.0368. The summed E-state index contributed by atoms with van der Waals surface area (Å²) in [6.07, 6.45) is -0.154. The molecule has 0 aliphatic rings. The lowest BCUT2D eigenvalue weighted by Gasteiger charge is -2.08. The number of carbonyl (C=O) groups excluding carboxylic acids is 2. The predicted octanol–water partition coefficient (Wildman–Crippen LogP) is 1.00. The van der Waals surface area contributed by atoms with Crippen molar-refractivity contribution in [3.8, 4) is 11.5 Å². The molecule has 0 saturated heterocycles. The fourth-order valence-corrected chi connectivity index (χ4v) is 1.95. The zero-order chi connectivity index (χ0) is 17.4. The molecule has 2 aromatic carbocycles. The van der Waals surface area contributed by atoms with Gasteiger partial charge in [0.1, 0.15) is 0 Å². The molecule has 0 heterocycles. The van der Waals surface area contributed by atoms with Crippen LogP contribution >= 0.6 is 0 Å². The van der Waals surface area contributed by atoms with Gasteiger partial charge in [0.2, 0.25) is 5.91 Å². The number of phenols is 2. The van der Waals surface area contributed by atoms with E-state index in [9.17, 15) is 19.8 Å². The zero-order valence-electron chi connectivity index (χ0n) is 12.9. The molecule has 126 valence electrons. The monoisotopic (exact) mass is 330 g/mol. The summed E-state index contributed by atoms with van der Waals surface area (Å²) in [4.78, 5) is 28.4. The van der Waals surface area contributed by atoms with Crippen LogP contribution in [0.15, 0.2) is 48.5 Å². The Hall–Kier alpha value is -3.06. The highest BCUT2D eigenvalue weighted by atomic mass is 16.6. The van der Waals surface area contributed by atoms with Gasteiger partial charge in [0.25, 0.3) is 5.91 Å². The lowest BCUT2D eigenvalue weighted by molar-refractivity contribution is -0.135. The van der Waals surface area contributed by atoms with E-state index >= 15 is 0 Å². The van der Waals surface area contributed by atoms with Crippen LogP contribution < -0.4 is 10.8 Å². The number of aromatic hydroxyl groups is 2. The topological polar surface area (TPSA) is 108 Å². The maximum atomic E-state index is 11.8. The smallest absolute Gasteiger partial charge is 0.262 e. The first-order valence-corrected chi connectivity index (χ1v) is 7.27. The van der Waals surface area contributed by atoms with Crippen LogP contribution in [0.1, 0.15) is 11.1 Å². The molecule has 0 unspecified atom stereocenters. The fraction of sp³-hybridized carbons (Fsp3) is 0.176. The van der Waals surface area contributed by atoms with Gasteiger partial charge in [-0.2, -0.15) is 0 Å². The Morgan fingerprint density at radius 1 is 0.958 bits per heavy atom. The molecular formula is C17H18N2O5. The van der Waals surface area contributed by atoms with E-state index in [0.29, 0.717) is 0 Å². The molecule has 0 spiro atoms. The van der Waals surface area contributed by atoms with Crippen molar-refractivity contribution in [2.24, 2.45) is 0 Å². The maximum Gasteiger partial charge on any atom is 0.262 e. The predicted molar refractivity (Wildman–Crippen MR) is 85.9 cm³/mol. The molecule has 2 amide bonds. The van der Waals surface area contributed by atoms with Crippen LogP contribution in [0.25, 0.3) is 0 Å². The van der Waals surface area contributed by atoms with Crippen LogP contribution in [0, 0.1) is 0 Å². The molecule has 2 aromatic rings. The second kappa shape index (κ2) is 8.54. The molecule has 0 aromatic heterocycles. The van der Waals surface area contributed by atoms with Gasteiger partial charge in [-0.1, -0.05) is 42.5 Å². The van der Waals surface area contributed by atoms with Gasteiger partial charge >= 0.3 is 0 Å². The highest BCUT2D eigenvalue weighted by Gasteiger charge is 2.11. The number of carbonyl (C=O) groups is 2. The summed E-state index contributed by atoms with van der Waals surface area (Å²) in [5, 5.41) is 21.4. The minimum absolute atomic E-state index is 0.154. The van der Waals surface area contributed by atoms with Gasteiger partial charge in [0.05, 0.1) is 19.6 Å². The van der Waals surface area contributed by atoms with Gasteiger partial charge in [-0.25, -0.2) is 5.48 Å². The molecule has 7 heteroatoms. The van der Waals surface area contributed by atoms with Gasteiger partial charge in [-0.3, -0.25) is 14.4 Å². The maximum absolute atomic E-state index is 11.8. The van der Waals surface area contributed by atoms with E-state index in [1.54, 1.807) is 0 Å². The van der Waals surface area contributed by atoms with Crippen molar-refractivity contribution in [1.82, 2.24) is 10.8 Å². The van der Waals surface area contributed by atoms with E-state index in [0.717, 1.165) is 5.56 Å². The lowest BCUT2D eigenvalue weighted by Crippen LogP contribution is -2.37. The number of hydrogen-bond donors (Lipinski definition) is 4. The van der Waals surface area contributed by atoms with E-state index in [-0.39, 0.29) is 36.6 Å². The largest absolute Gasteiger partial charge is 0.504 e. The molecule has 4 N–H and O–H groups in total. The van der Waals surface area contributed by atoms with Crippen molar-refractivity contribution in [1.29, 1.82) is 0 Å². The van der Waals surface area contributed by atoms with Gasteiger partial charge in [0, 0.05) is 5.56 Å². The standard InChI is InChI=1S/C17H18N2O5/c20-14-8-4-7-13(17(14)23)9-15(21)18-10-16(22)19-24-11-12-5-2-1-3-6-12/h1-8,20,23H,9-11H2,(H,18,21)(H,19,22). The minimum Gasteiger partial charge on any atom is -0.504 e. The van der Waals surface area contributed by atoms with Crippen molar-refractivity contribution in [2.45, 2.75) is 13.0 Å². The molecule has 0 aliphatic carbocycles. The second-order valence-electron chi connectivity index (χ2n) is 5.04. The number of benzene rings is 2.